The molecule has 14 heavy (non-hydrogen) atoms. The molecule has 0 radical (unpaired) electrons. The van der Waals surface area contributed by atoms with Crippen molar-refractivity contribution in [2.75, 3.05) is 26.9 Å². The molecule has 80 valence electrons. The predicted molar refractivity (Wildman–Crippen MR) is 50.9 cm³/mol. The van der Waals surface area contributed by atoms with Crippen molar-refractivity contribution in [3.8, 4) is 0 Å². The molecule has 0 aromatic heterocycles. The molecule has 0 aromatic rings. The van der Waals surface area contributed by atoms with Crippen molar-refractivity contribution in [3.63, 3.8) is 0 Å². The Hall–Kier alpha value is -0.610. The normalized spacial score (nSPS) is 37.4. The Balaban J connectivity index is 2.20. The van der Waals surface area contributed by atoms with E-state index in [0.717, 1.165) is 32.4 Å². The Kier molecular flexibility index (Phi) is 2.74. The Bertz CT molecular complexity index is 217. The van der Waals surface area contributed by atoms with Crippen LogP contribution >= 0.6 is 0 Å². The van der Waals surface area contributed by atoms with E-state index in [-0.39, 0.29) is 12.0 Å². The number of rotatable bonds is 1. The summed E-state index contributed by atoms with van der Waals surface area (Å²) in [6.45, 7) is 2.26. The molecule has 0 aliphatic carbocycles. The topological polar surface area (TPSA) is 47.6 Å². The van der Waals surface area contributed by atoms with Crippen LogP contribution < -0.4 is 5.32 Å². The average Bonchev–Trinajstić information content (AvgIpc) is 2.28. The minimum absolute atomic E-state index is 0.116. The maximum atomic E-state index is 11.8. The molecule has 2 fully saturated rings. The largest absolute Gasteiger partial charge is 0.468 e. The third kappa shape index (κ3) is 1.42. The molecule has 2 saturated heterocycles. The van der Waals surface area contributed by atoms with Crippen LogP contribution in [0, 0.1) is 5.41 Å². The number of piperidine rings is 1. The second kappa shape index (κ2) is 3.87. The second-order valence-electron chi connectivity index (χ2n) is 4.10. The molecular weight excluding hydrogens is 182 g/mol. The number of esters is 1. The fourth-order valence-corrected chi connectivity index (χ4v) is 2.56. The molecule has 2 aliphatic heterocycles. The van der Waals surface area contributed by atoms with E-state index >= 15 is 0 Å². The van der Waals surface area contributed by atoms with Gasteiger partial charge in [-0.1, -0.05) is 0 Å². The van der Waals surface area contributed by atoms with E-state index in [4.69, 9.17) is 9.47 Å². The van der Waals surface area contributed by atoms with E-state index in [9.17, 15) is 4.79 Å². The summed E-state index contributed by atoms with van der Waals surface area (Å²) < 4.78 is 10.3. The Morgan fingerprint density at radius 3 is 3.29 bits per heavy atom. The van der Waals surface area contributed by atoms with Crippen LogP contribution in [-0.2, 0) is 14.3 Å². The van der Waals surface area contributed by atoms with Crippen LogP contribution in [0.25, 0.3) is 0 Å². The zero-order valence-electron chi connectivity index (χ0n) is 8.54. The lowest BCUT2D eigenvalue weighted by molar-refractivity contribution is -0.167. The molecule has 0 amide bonds. The van der Waals surface area contributed by atoms with E-state index in [0.29, 0.717) is 6.61 Å². The number of hydrogen-bond donors (Lipinski definition) is 1. The van der Waals surface area contributed by atoms with E-state index < -0.39 is 5.41 Å². The van der Waals surface area contributed by atoms with Crippen LogP contribution in [0.2, 0.25) is 0 Å². The molecule has 2 rings (SSSR count). The third-order valence-electron chi connectivity index (χ3n) is 3.36. The first kappa shape index (κ1) is 9.93. The smallest absolute Gasteiger partial charge is 0.315 e. The Labute approximate surface area is 84.0 Å². The van der Waals surface area contributed by atoms with Gasteiger partial charge in [0.1, 0.15) is 5.41 Å². The lowest BCUT2D eigenvalue weighted by Crippen LogP contribution is -2.59. The van der Waals surface area contributed by atoms with Crippen LogP contribution in [-0.4, -0.2) is 38.9 Å². The van der Waals surface area contributed by atoms with Crippen LogP contribution in [0.5, 0.6) is 0 Å². The van der Waals surface area contributed by atoms with Gasteiger partial charge in [-0.15, -0.1) is 0 Å². The summed E-state index contributed by atoms with van der Waals surface area (Å²) in [6.07, 6.45) is 2.82. The molecule has 2 heterocycles. The average molecular weight is 199 g/mol. The minimum atomic E-state index is -0.411. The van der Waals surface area contributed by atoms with Crippen molar-refractivity contribution < 1.29 is 14.3 Å². The van der Waals surface area contributed by atoms with Crippen LogP contribution in [0.15, 0.2) is 0 Å². The Morgan fingerprint density at radius 2 is 2.50 bits per heavy atom. The number of ether oxygens (including phenoxy) is 2. The lowest BCUT2D eigenvalue weighted by atomic mass is 9.72. The molecule has 1 N–H and O–H groups in total. The Morgan fingerprint density at radius 1 is 1.64 bits per heavy atom. The number of nitrogens with one attached hydrogen (secondary N) is 1. The molecule has 0 spiro atoms. The molecular formula is C10H17NO3. The van der Waals surface area contributed by atoms with E-state index in [1.807, 2.05) is 0 Å². The molecule has 4 nitrogen and oxygen atoms in total. The summed E-state index contributed by atoms with van der Waals surface area (Å²) >= 11 is 0. The van der Waals surface area contributed by atoms with Crippen molar-refractivity contribution in [1.29, 1.82) is 0 Å². The van der Waals surface area contributed by atoms with Crippen LogP contribution in [0.3, 0.4) is 0 Å². The van der Waals surface area contributed by atoms with Gasteiger partial charge in [0.05, 0.1) is 13.7 Å². The highest BCUT2D eigenvalue weighted by molar-refractivity contribution is 5.78. The lowest BCUT2D eigenvalue weighted by Gasteiger charge is -2.44. The predicted octanol–water partition coefficient (Wildman–Crippen LogP) is 0.318. The van der Waals surface area contributed by atoms with E-state index in [1.54, 1.807) is 0 Å². The van der Waals surface area contributed by atoms with Crippen molar-refractivity contribution in [3.05, 3.63) is 0 Å². The number of methoxy groups -OCH3 is 1. The summed E-state index contributed by atoms with van der Waals surface area (Å²) in [5.74, 6) is -0.116. The first-order valence-corrected chi connectivity index (χ1v) is 5.19. The van der Waals surface area contributed by atoms with Gasteiger partial charge in [-0.05, 0) is 25.8 Å². The highest BCUT2D eigenvalue weighted by atomic mass is 16.5. The highest BCUT2D eigenvalue weighted by Gasteiger charge is 2.50. The zero-order chi connectivity index (χ0) is 10.0. The standard InChI is InChI=1S/C10H17NO3/c1-13-9(12)10-4-2-5-11-8(10)3-6-14-7-10/h8,11H,2-7H2,1H3. The molecule has 0 aromatic carbocycles. The first-order chi connectivity index (χ1) is 6.79. The van der Waals surface area contributed by atoms with Gasteiger partial charge >= 0.3 is 5.97 Å². The summed E-state index contributed by atoms with van der Waals surface area (Å²) in [7, 11) is 1.46. The fourth-order valence-electron chi connectivity index (χ4n) is 2.56. The van der Waals surface area contributed by atoms with Gasteiger partial charge < -0.3 is 14.8 Å². The number of carbonyl (C=O) groups excluding carboxylic acids is 1. The van der Waals surface area contributed by atoms with Crippen molar-refractivity contribution in [1.82, 2.24) is 5.32 Å². The van der Waals surface area contributed by atoms with Gasteiger partial charge in [0.25, 0.3) is 0 Å². The maximum absolute atomic E-state index is 11.8. The fraction of sp³-hybridized carbons (Fsp3) is 0.900. The number of fused-ring (bicyclic) bond motifs is 1. The van der Waals surface area contributed by atoms with Gasteiger partial charge in [0, 0.05) is 12.6 Å². The summed E-state index contributed by atoms with van der Waals surface area (Å²) in [5.41, 5.74) is -0.411. The van der Waals surface area contributed by atoms with Crippen LogP contribution in [0.4, 0.5) is 0 Å². The monoisotopic (exact) mass is 199 g/mol. The summed E-state index contributed by atoms with van der Waals surface area (Å²) in [4.78, 5) is 11.8. The van der Waals surface area contributed by atoms with Gasteiger partial charge in [-0.3, -0.25) is 4.79 Å². The minimum Gasteiger partial charge on any atom is -0.468 e. The highest BCUT2D eigenvalue weighted by Crippen LogP contribution is 2.37. The quantitative estimate of drug-likeness (QED) is 0.618. The molecule has 2 atom stereocenters. The molecule has 0 bridgehead atoms. The molecule has 4 heteroatoms. The van der Waals surface area contributed by atoms with E-state index in [1.165, 1.54) is 7.11 Å². The first-order valence-electron chi connectivity index (χ1n) is 5.19. The summed E-state index contributed by atoms with van der Waals surface area (Å²) in [6, 6.07) is 0.248. The van der Waals surface area contributed by atoms with Gasteiger partial charge in [-0.2, -0.15) is 0 Å². The third-order valence-corrected chi connectivity index (χ3v) is 3.36. The van der Waals surface area contributed by atoms with E-state index in [2.05, 4.69) is 5.32 Å². The van der Waals surface area contributed by atoms with Gasteiger partial charge in [0.2, 0.25) is 0 Å². The van der Waals surface area contributed by atoms with Crippen LogP contribution in [0.1, 0.15) is 19.3 Å². The number of carbonyl (C=O) groups is 1. The van der Waals surface area contributed by atoms with Crippen molar-refractivity contribution >= 4 is 5.97 Å². The van der Waals surface area contributed by atoms with Gasteiger partial charge in [-0.25, -0.2) is 0 Å². The van der Waals surface area contributed by atoms with Crippen molar-refractivity contribution in [2.24, 2.45) is 5.41 Å². The maximum Gasteiger partial charge on any atom is 0.315 e. The zero-order valence-corrected chi connectivity index (χ0v) is 8.54. The van der Waals surface area contributed by atoms with Gasteiger partial charge in [0.15, 0.2) is 0 Å². The van der Waals surface area contributed by atoms with Crippen molar-refractivity contribution in [2.45, 2.75) is 25.3 Å². The molecule has 0 saturated carbocycles. The number of hydrogen-bond acceptors (Lipinski definition) is 4. The molecule has 2 aliphatic rings. The molecule has 2 unspecified atom stereocenters. The second-order valence-corrected chi connectivity index (χ2v) is 4.10. The summed E-state index contributed by atoms with van der Waals surface area (Å²) in [5, 5.41) is 3.40. The SMILES string of the molecule is COC(=O)C12CCCNC1CCOC2.